The Morgan fingerprint density at radius 1 is 1.05 bits per heavy atom. The zero-order valence-electron chi connectivity index (χ0n) is 11.6. The number of hydrogen-bond donors (Lipinski definition) is 1. The maximum absolute atomic E-state index is 5.88. The van der Waals surface area contributed by atoms with E-state index in [9.17, 15) is 0 Å². The van der Waals surface area contributed by atoms with Gasteiger partial charge >= 0.3 is 0 Å². The summed E-state index contributed by atoms with van der Waals surface area (Å²) in [7, 11) is 2.24. The van der Waals surface area contributed by atoms with Crippen molar-refractivity contribution in [2.24, 2.45) is 23.7 Å². The highest BCUT2D eigenvalue weighted by Crippen LogP contribution is 2.55. The number of nitrogens with two attached hydrogens (primary N) is 1. The van der Waals surface area contributed by atoms with E-state index in [4.69, 9.17) is 5.73 Å². The molecule has 0 atom stereocenters. The molecule has 1 aromatic rings. The van der Waals surface area contributed by atoms with Crippen molar-refractivity contribution >= 4 is 11.4 Å². The van der Waals surface area contributed by atoms with Crippen LogP contribution in [0.1, 0.15) is 32.1 Å². The van der Waals surface area contributed by atoms with Crippen molar-refractivity contribution in [3.8, 4) is 0 Å². The van der Waals surface area contributed by atoms with Crippen molar-refractivity contribution in [1.29, 1.82) is 0 Å². The van der Waals surface area contributed by atoms with Gasteiger partial charge in [0.25, 0.3) is 0 Å². The lowest BCUT2D eigenvalue weighted by Gasteiger charge is -2.57. The maximum Gasteiger partial charge on any atom is 0.0573 e. The third kappa shape index (κ3) is 1.82. The Morgan fingerprint density at radius 3 is 2.26 bits per heavy atom. The van der Waals surface area contributed by atoms with Crippen LogP contribution in [0.4, 0.5) is 11.4 Å². The van der Waals surface area contributed by atoms with E-state index >= 15 is 0 Å². The van der Waals surface area contributed by atoms with Gasteiger partial charge in [0.15, 0.2) is 0 Å². The van der Waals surface area contributed by atoms with Crippen LogP contribution in [0.5, 0.6) is 0 Å². The molecule has 4 bridgehead atoms. The summed E-state index contributed by atoms with van der Waals surface area (Å²) in [5.74, 6) is 3.88. The molecular formula is C16H23N3. The summed E-state index contributed by atoms with van der Waals surface area (Å²) in [5, 5.41) is 0. The van der Waals surface area contributed by atoms with Crippen LogP contribution in [0.25, 0.3) is 0 Å². The quantitative estimate of drug-likeness (QED) is 0.885. The van der Waals surface area contributed by atoms with Gasteiger partial charge < -0.3 is 10.6 Å². The molecule has 5 rings (SSSR count). The van der Waals surface area contributed by atoms with Gasteiger partial charge in [0, 0.05) is 19.3 Å². The largest absolute Gasteiger partial charge is 0.397 e. The molecule has 0 amide bonds. The molecule has 0 spiro atoms. The van der Waals surface area contributed by atoms with Gasteiger partial charge in [-0.3, -0.25) is 4.98 Å². The van der Waals surface area contributed by atoms with E-state index in [1.54, 1.807) is 6.20 Å². The summed E-state index contributed by atoms with van der Waals surface area (Å²) in [5.41, 5.74) is 7.85. The molecule has 4 aliphatic carbocycles. The highest BCUT2D eigenvalue weighted by atomic mass is 15.2. The molecule has 0 aromatic carbocycles. The van der Waals surface area contributed by atoms with E-state index in [1.165, 1.54) is 37.8 Å². The molecule has 19 heavy (non-hydrogen) atoms. The summed E-state index contributed by atoms with van der Waals surface area (Å²) in [4.78, 5) is 6.72. The fourth-order valence-corrected chi connectivity index (χ4v) is 5.34. The number of pyridine rings is 1. The number of nitrogens with zero attached hydrogens (tertiary/aromatic N) is 2. The third-order valence-electron chi connectivity index (χ3n) is 5.78. The van der Waals surface area contributed by atoms with Crippen LogP contribution in [0.3, 0.4) is 0 Å². The molecule has 2 N–H and O–H groups in total. The van der Waals surface area contributed by atoms with Crippen molar-refractivity contribution in [2.75, 3.05) is 17.7 Å². The Hall–Kier alpha value is -1.25. The second-order valence-electron chi connectivity index (χ2n) is 7.01. The Morgan fingerprint density at radius 2 is 1.68 bits per heavy atom. The van der Waals surface area contributed by atoms with Crippen LogP contribution in [0, 0.1) is 23.7 Å². The minimum absolute atomic E-state index is 0.719. The second kappa shape index (κ2) is 4.12. The monoisotopic (exact) mass is 257 g/mol. The molecular weight excluding hydrogens is 234 g/mol. The molecule has 1 aromatic heterocycles. The van der Waals surface area contributed by atoms with Crippen LogP contribution < -0.4 is 10.6 Å². The van der Waals surface area contributed by atoms with Crippen LogP contribution >= 0.6 is 0 Å². The summed E-state index contributed by atoms with van der Waals surface area (Å²) < 4.78 is 0. The molecule has 102 valence electrons. The number of nitrogen functional groups attached to an aromatic ring is 1. The van der Waals surface area contributed by atoms with Gasteiger partial charge in [0.2, 0.25) is 0 Å². The maximum atomic E-state index is 5.88. The predicted octanol–water partition coefficient (Wildman–Crippen LogP) is 2.92. The normalized spacial score (nSPS) is 39.5. The number of hydrogen-bond acceptors (Lipinski definition) is 3. The van der Waals surface area contributed by atoms with Crippen LogP contribution in [-0.2, 0) is 0 Å². The van der Waals surface area contributed by atoms with Crippen molar-refractivity contribution in [2.45, 2.75) is 38.1 Å². The zero-order valence-corrected chi connectivity index (χ0v) is 11.6. The zero-order chi connectivity index (χ0) is 13.0. The summed E-state index contributed by atoms with van der Waals surface area (Å²) in [6.07, 6.45) is 11.0. The number of rotatable bonds is 2. The van der Waals surface area contributed by atoms with Gasteiger partial charge in [-0.05, 0) is 61.8 Å². The Labute approximate surface area is 115 Å². The Bertz CT molecular complexity index is 457. The average molecular weight is 257 g/mol. The SMILES string of the molecule is CN(c1cncc(N)c1)C1C2CC3CC(C2)CC1C3. The van der Waals surface area contributed by atoms with E-state index in [0.717, 1.165) is 35.4 Å². The molecule has 0 radical (unpaired) electrons. The second-order valence-corrected chi connectivity index (χ2v) is 7.01. The first-order valence-corrected chi connectivity index (χ1v) is 7.64. The molecule has 3 heteroatoms. The lowest BCUT2D eigenvalue weighted by Crippen LogP contribution is -2.55. The summed E-state index contributed by atoms with van der Waals surface area (Å²) in [6.45, 7) is 0. The van der Waals surface area contributed by atoms with Gasteiger partial charge in [-0.2, -0.15) is 0 Å². The lowest BCUT2D eigenvalue weighted by molar-refractivity contribution is -0.00123. The first-order chi connectivity index (χ1) is 9.20. The highest BCUT2D eigenvalue weighted by molar-refractivity contribution is 5.53. The van der Waals surface area contributed by atoms with E-state index in [-0.39, 0.29) is 0 Å². The van der Waals surface area contributed by atoms with Gasteiger partial charge in [0.05, 0.1) is 17.6 Å². The molecule has 4 saturated carbocycles. The van der Waals surface area contributed by atoms with E-state index in [0.29, 0.717) is 0 Å². The van der Waals surface area contributed by atoms with Gasteiger partial charge in [-0.25, -0.2) is 0 Å². The third-order valence-corrected chi connectivity index (χ3v) is 5.78. The topological polar surface area (TPSA) is 42.2 Å². The predicted molar refractivity (Wildman–Crippen MR) is 77.9 cm³/mol. The van der Waals surface area contributed by atoms with Crippen molar-refractivity contribution in [3.05, 3.63) is 18.5 Å². The molecule has 1 heterocycles. The molecule has 4 aliphatic rings. The minimum atomic E-state index is 0.719. The van der Waals surface area contributed by atoms with Gasteiger partial charge in [0.1, 0.15) is 0 Å². The average Bonchev–Trinajstić information content (AvgIpc) is 2.37. The van der Waals surface area contributed by atoms with Crippen LogP contribution in [0.2, 0.25) is 0 Å². The standard InChI is InChI=1S/C16H23N3/c1-19(15-7-14(17)8-18-9-15)16-12-3-10-2-11(5-12)6-13(16)4-10/h7-13,16H,2-6,17H2,1H3. The van der Waals surface area contributed by atoms with E-state index in [2.05, 4.69) is 23.0 Å². The molecule has 4 fully saturated rings. The van der Waals surface area contributed by atoms with E-state index in [1.807, 2.05) is 6.20 Å². The molecule has 0 saturated heterocycles. The first kappa shape index (κ1) is 11.6. The van der Waals surface area contributed by atoms with E-state index < -0.39 is 0 Å². The summed E-state index contributed by atoms with van der Waals surface area (Å²) in [6, 6.07) is 2.79. The Kier molecular flexibility index (Phi) is 2.51. The molecule has 3 nitrogen and oxygen atoms in total. The number of anilines is 2. The van der Waals surface area contributed by atoms with Crippen LogP contribution in [-0.4, -0.2) is 18.1 Å². The Balaban J connectivity index is 1.62. The fraction of sp³-hybridized carbons (Fsp3) is 0.688. The fourth-order valence-electron chi connectivity index (χ4n) is 5.34. The van der Waals surface area contributed by atoms with Gasteiger partial charge in [-0.15, -0.1) is 0 Å². The highest BCUT2D eigenvalue weighted by Gasteiger charge is 2.49. The lowest BCUT2D eigenvalue weighted by atomic mass is 9.54. The number of aromatic nitrogens is 1. The smallest absolute Gasteiger partial charge is 0.0573 e. The van der Waals surface area contributed by atoms with Crippen molar-refractivity contribution in [3.63, 3.8) is 0 Å². The van der Waals surface area contributed by atoms with Crippen molar-refractivity contribution in [1.82, 2.24) is 4.98 Å². The summed E-state index contributed by atoms with van der Waals surface area (Å²) >= 11 is 0. The first-order valence-electron chi connectivity index (χ1n) is 7.64. The van der Waals surface area contributed by atoms with Crippen molar-refractivity contribution < 1.29 is 0 Å². The minimum Gasteiger partial charge on any atom is -0.397 e. The molecule has 0 unspecified atom stereocenters. The molecule has 0 aliphatic heterocycles. The van der Waals surface area contributed by atoms with Crippen LogP contribution in [0.15, 0.2) is 18.5 Å². The van der Waals surface area contributed by atoms with Gasteiger partial charge in [-0.1, -0.05) is 0 Å².